The number of nitrogens with zero attached hydrogens (tertiary/aromatic N) is 3. The SMILES string of the molecule is Cc1ccc(NC(=O)C2CCN(Cc3ccc(Cl)cc3F)CC2)cc1S(=O)(=O)N1CCN(C)CC1. The molecule has 10 heteroatoms. The lowest BCUT2D eigenvalue weighted by Gasteiger charge is -2.32. The molecule has 0 saturated carbocycles. The third kappa shape index (κ3) is 6.21. The van der Waals surface area contributed by atoms with Crippen LogP contribution in [0.1, 0.15) is 24.0 Å². The molecule has 35 heavy (non-hydrogen) atoms. The van der Waals surface area contributed by atoms with Crippen molar-refractivity contribution in [2.45, 2.75) is 31.2 Å². The number of halogens is 2. The molecule has 0 aromatic heterocycles. The van der Waals surface area contributed by atoms with Crippen LogP contribution in [0, 0.1) is 18.7 Å². The highest BCUT2D eigenvalue weighted by Crippen LogP contribution is 2.27. The molecule has 2 heterocycles. The first-order valence-corrected chi connectivity index (χ1v) is 13.7. The molecule has 4 rings (SSSR count). The Morgan fingerprint density at radius 3 is 2.40 bits per heavy atom. The predicted molar refractivity (Wildman–Crippen MR) is 135 cm³/mol. The maximum atomic E-state index is 14.1. The van der Waals surface area contributed by atoms with E-state index in [-0.39, 0.29) is 22.5 Å². The Balaban J connectivity index is 1.36. The van der Waals surface area contributed by atoms with E-state index >= 15 is 0 Å². The van der Waals surface area contributed by atoms with Crippen molar-refractivity contribution in [1.29, 1.82) is 0 Å². The molecule has 0 aliphatic carbocycles. The van der Waals surface area contributed by atoms with Crippen molar-refractivity contribution in [2.75, 3.05) is 51.6 Å². The summed E-state index contributed by atoms with van der Waals surface area (Å²) < 4.78 is 42.1. The highest BCUT2D eigenvalue weighted by atomic mass is 35.5. The molecule has 1 amide bonds. The van der Waals surface area contributed by atoms with Crippen molar-refractivity contribution in [2.24, 2.45) is 5.92 Å². The van der Waals surface area contributed by atoms with Crippen LogP contribution in [0.15, 0.2) is 41.3 Å². The molecule has 2 aliphatic heterocycles. The molecule has 2 aromatic rings. The number of sulfonamides is 1. The van der Waals surface area contributed by atoms with Crippen LogP contribution in [0.25, 0.3) is 0 Å². The highest BCUT2D eigenvalue weighted by molar-refractivity contribution is 7.89. The van der Waals surface area contributed by atoms with Crippen LogP contribution in [0.4, 0.5) is 10.1 Å². The van der Waals surface area contributed by atoms with Gasteiger partial charge in [0.1, 0.15) is 5.82 Å². The van der Waals surface area contributed by atoms with E-state index < -0.39 is 10.0 Å². The summed E-state index contributed by atoms with van der Waals surface area (Å²) >= 11 is 5.83. The van der Waals surface area contributed by atoms with E-state index in [1.807, 2.05) is 7.05 Å². The molecular formula is C25H32ClFN4O3S. The molecule has 0 radical (unpaired) electrons. The van der Waals surface area contributed by atoms with Gasteiger partial charge in [0.05, 0.1) is 4.90 Å². The summed E-state index contributed by atoms with van der Waals surface area (Å²) in [6.07, 6.45) is 1.30. The Hall–Kier alpha value is -2.04. The molecule has 0 atom stereocenters. The van der Waals surface area contributed by atoms with E-state index in [9.17, 15) is 17.6 Å². The van der Waals surface area contributed by atoms with Crippen molar-refractivity contribution >= 4 is 33.2 Å². The Bertz CT molecular complexity index is 1180. The zero-order valence-electron chi connectivity index (χ0n) is 20.1. The number of carbonyl (C=O) groups is 1. The number of hydrogen-bond acceptors (Lipinski definition) is 5. The van der Waals surface area contributed by atoms with E-state index in [0.717, 1.165) is 0 Å². The van der Waals surface area contributed by atoms with Gasteiger partial charge in [0.25, 0.3) is 0 Å². The van der Waals surface area contributed by atoms with E-state index in [1.165, 1.54) is 10.4 Å². The van der Waals surface area contributed by atoms with Gasteiger partial charge in [-0.3, -0.25) is 9.69 Å². The number of likely N-dealkylation sites (N-methyl/N-ethyl adjacent to an activating group) is 1. The van der Waals surface area contributed by atoms with Crippen molar-refractivity contribution in [3.63, 3.8) is 0 Å². The summed E-state index contributed by atoms with van der Waals surface area (Å²) in [5.41, 5.74) is 1.73. The average Bonchev–Trinajstić information content (AvgIpc) is 2.82. The Labute approximate surface area is 211 Å². The van der Waals surface area contributed by atoms with Gasteiger partial charge in [-0.1, -0.05) is 23.7 Å². The summed E-state index contributed by atoms with van der Waals surface area (Å²) in [7, 11) is -1.65. The standard InChI is InChI=1S/C25H32ClFN4O3S/c1-18-3-6-22(16-24(18)35(33,34)31-13-11-29(2)12-14-31)28-25(32)19-7-9-30(10-8-19)17-20-4-5-21(26)15-23(20)27/h3-6,15-16,19H,7-14,17H2,1-2H3,(H,28,32). The van der Waals surface area contributed by atoms with Gasteiger partial charge in [-0.05, 0) is 69.7 Å². The van der Waals surface area contributed by atoms with Gasteiger partial charge in [-0.2, -0.15) is 4.31 Å². The highest BCUT2D eigenvalue weighted by Gasteiger charge is 2.30. The summed E-state index contributed by atoms with van der Waals surface area (Å²) in [5, 5.41) is 3.29. The number of rotatable bonds is 6. The maximum Gasteiger partial charge on any atom is 0.243 e. The number of likely N-dealkylation sites (tertiary alicyclic amines) is 1. The van der Waals surface area contributed by atoms with Crippen LogP contribution in [0.5, 0.6) is 0 Å². The van der Waals surface area contributed by atoms with E-state index in [4.69, 9.17) is 11.6 Å². The molecule has 0 spiro atoms. The molecule has 190 valence electrons. The average molecular weight is 523 g/mol. The number of anilines is 1. The smallest absolute Gasteiger partial charge is 0.243 e. The first-order valence-electron chi connectivity index (χ1n) is 11.9. The molecule has 2 aliphatic rings. The first-order chi connectivity index (χ1) is 16.6. The Morgan fingerprint density at radius 1 is 1.06 bits per heavy atom. The number of nitrogens with one attached hydrogen (secondary N) is 1. The number of hydrogen-bond donors (Lipinski definition) is 1. The second-order valence-corrected chi connectivity index (χ2v) is 11.8. The quantitative estimate of drug-likeness (QED) is 0.628. The molecule has 1 N–H and O–H groups in total. The largest absolute Gasteiger partial charge is 0.326 e. The molecular weight excluding hydrogens is 491 g/mol. The van der Waals surface area contributed by atoms with Crippen molar-refractivity contribution in [3.8, 4) is 0 Å². The van der Waals surface area contributed by atoms with Crippen LogP contribution >= 0.6 is 11.6 Å². The molecule has 2 aromatic carbocycles. The minimum atomic E-state index is -3.63. The normalized spacial score (nSPS) is 19.1. The minimum absolute atomic E-state index is 0.117. The summed E-state index contributed by atoms with van der Waals surface area (Å²) in [6.45, 7) is 5.89. The fraction of sp³-hybridized carbons (Fsp3) is 0.480. The summed E-state index contributed by atoms with van der Waals surface area (Å²) in [6, 6.07) is 9.74. The Morgan fingerprint density at radius 2 is 1.74 bits per heavy atom. The topological polar surface area (TPSA) is 73.0 Å². The van der Waals surface area contributed by atoms with E-state index in [2.05, 4.69) is 15.1 Å². The lowest BCUT2D eigenvalue weighted by Crippen LogP contribution is -2.47. The fourth-order valence-corrected chi connectivity index (χ4v) is 6.44. The lowest BCUT2D eigenvalue weighted by atomic mass is 9.95. The molecule has 0 unspecified atom stereocenters. The molecule has 2 fully saturated rings. The van der Waals surface area contributed by atoms with E-state index in [0.29, 0.717) is 80.5 Å². The van der Waals surface area contributed by atoms with Gasteiger partial charge >= 0.3 is 0 Å². The summed E-state index contributed by atoms with van der Waals surface area (Å²) in [4.78, 5) is 17.4. The van der Waals surface area contributed by atoms with Crippen LogP contribution in [-0.2, 0) is 21.4 Å². The fourth-order valence-electron chi connectivity index (χ4n) is 4.61. The zero-order valence-corrected chi connectivity index (χ0v) is 21.7. The van der Waals surface area contributed by atoms with E-state index in [1.54, 1.807) is 37.3 Å². The van der Waals surface area contributed by atoms with Crippen LogP contribution in [0.2, 0.25) is 5.02 Å². The van der Waals surface area contributed by atoms with Gasteiger partial charge in [0.15, 0.2) is 0 Å². The van der Waals surface area contributed by atoms with Gasteiger partial charge < -0.3 is 10.2 Å². The van der Waals surface area contributed by atoms with Gasteiger partial charge in [0, 0.05) is 54.9 Å². The lowest BCUT2D eigenvalue weighted by molar-refractivity contribution is -0.121. The third-order valence-corrected chi connectivity index (χ3v) is 9.18. The number of benzene rings is 2. The van der Waals surface area contributed by atoms with Gasteiger partial charge in [-0.15, -0.1) is 0 Å². The monoisotopic (exact) mass is 522 g/mol. The van der Waals surface area contributed by atoms with Gasteiger partial charge in [-0.25, -0.2) is 12.8 Å². The predicted octanol–water partition coefficient (Wildman–Crippen LogP) is 3.57. The number of piperidine rings is 1. The third-order valence-electron chi connectivity index (χ3n) is 6.90. The van der Waals surface area contributed by atoms with Crippen molar-refractivity contribution < 1.29 is 17.6 Å². The van der Waals surface area contributed by atoms with Crippen LogP contribution in [-0.4, -0.2) is 74.7 Å². The summed E-state index contributed by atoms with van der Waals surface area (Å²) in [5.74, 6) is -0.617. The zero-order chi connectivity index (χ0) is 25.2. The Kier molecular flexibility index (Phi) is 8.12. The van der Waals surface area contributed by atoms with Crippen LogP contribution in [0.3, 0.4) is 0 Å². The van der Waals surface area contributed by atoms with Crippen molar-refractivity contribution in [1.82, 2.24) is 14.1 Å². The number of piperazine rings is 1. The number of amides is 1. The maximum absolute atomic E-state index is 14.1. The molecule has 2 saturated heterocycles. The molecule has 7 nitrogen and oxygen atoms in total. The second-order valence-electron chi connectivity index (χ2n) is 9.46. The van der Waals surface area contributed by atoms with Crippen LogP contribution < -0.4 is 5.32 Å². The van der Waals surface area contributed by atoms with Crippen molar-refractivity contribution in [3.05, 3.63) is 58.4 Å². The number of carbonyl (C=O) groups excluding carboxylic acids is 1. The molecule has 0 bridgehead atoms. The second kappa shape index (κ2) is 10.9. The van der Waals surface area contributed by atoms with Gasteiger partial charge in [0.2, 0.25) is 15.9 Å². The minimum Gasteiger partial charge on any atom is -0.326 e. The number of aryl methyl sites for hydroxylation is 1. The first kappa shape index (κ1) is 26.0.